The van der Waals surface area contributed by atoms with E-state index in [-0.39, 0.29) is 17.6 Å². The predicted molar refractivity (Wildman–Crippen MR) is 85.1 cm³/mol. The third-order valence-corrected chi connectivity index (χ3v) is 4.11. The Hall–Kier alpha value is -2.37. The van der Waals surface area contributed by atoms with Crippen molar-refractivity contribution in [2.75, 3.05) is 31.1 Å². The fourth-order valence-electron chi connectivity index (χ4n) is 2.78. The average molecular weight is 317 g/mol. The van der Waals surface area contributed by atoms with Crippen LogP contribution in [0.25, 0.3) is 0 Å². The Balaban J connectivity index is 1.65. The number of hydrogen-bond acceptors (Lipinski definition) is 4. The van der Waals surface area contributed by atoms with E-state index in [1.54, 1.807) is 17.2 Å². The normalized spacial score (nSPS) is 15.3. The second-order valence-corrected chi connectivity index (χ2v) is 5.97. The summed E-state index contributed by atoms with van der Waals surface area (Å²) in [6.07, 6.45) is 2.78. The first kappa shape index (κ1) is 15.5. The third kappa shape index (κ3) is 3.21. The van der Waals surface area contributed by atoms with E-state index < -0.39 is 0 Å². The zero-order chi connectivity index (χ0) is 16.4. The van der Waals surface area contributed by atoms with Gasteiger partial charge in [0.05, 0.1) is 12.5 Å². The van der Waals surface area contributed by atoms with Crippen molar-refractivity contribution >= 4 is 11.7 Å². The van der Waals surface area contributed by atoms with E-state index in [1.165, 1.54) is 12.3 Å². The van der Waals surface area contributed by atoms with E-state index in [0.29, 0.717) is 31.9 Å². The number of halogens is 1. The van der Waals surface area contributed by atoms with Crippen LogP contribution in [0.5, 0.6) is 0 Å². The second kappa shape index (κ2) is 6.40. The highest BCUT2D eigenvalue weighted by Gasteiger charge is 2.27. The Morgan fingerprint density at radius 3 is 2.57 bits per heavy atom. The van der Waals surface area contributed by atoms with Crippen LogP contribution in [-0.2, 0) is 0 Å². The van der Waals surface area contributed by atoms with Gasteiger partial charge in [0.1, 0.15) is 11.6 Å². The van der Waals surface area contributed by atoms with Gasteiger partial charge in [0.2, 0.25) is 0 Å². The molecule has 5 nitrogen and oxygen atoms in total. The van der Waals surface area contributed by atoms with E-state index in [1.807, 2.05) is 19.9 Å². The van der Waals surface area contributed by atoms with Crippen molar-refractivity contribution in [1.29, 1.82) is 0 Å². The lowest BCUT2D eigenvalue weighted by molar-refractivity contribution is 0.0712. The largest absolute Gasteiger partial charge is 0.459 e. The van der Waals surface area contributed by atoms with Crippen LogP contribution in [0.4, 0.5) is 10.2 Å². The summed E-state index contributed by atoms with van der Waals surface area (Å²) in [7, 11) is 0. The van der Waals surface area contributed by atoms with Crippen LogP contribution in [0, 0.1) is 5.82 Å². The predicted octanol–water partition coefficient (Wildman–Crippen LogP) is 2.90. The number of anilines is 1. The summed E-state index contributed by atoms with van der Waals surface area (Å²) in [4.78, 5) is 20.6. The standard InChI is InChI=1S/C17H20FN3O2/c1-12(2)14-5-10-23-16(14)17(22)21-8-6-20(7-9-21)15-4-3-13(18)11-19-15/h3-5,10-12H,6-9H2,1-2H3. The Bertz CT molecular complexity index is 673. The summed E-state index contributed by atoms with van der Waals surface area (Å²) in [5.41, 5.74) is 0.942. The SMILES string of the molecule is CC(C)c1ccoc1C(=O)N1CCN(c2ccc(F)cn2)CC1. The molecule has 1 aliphatic heterocycles. The van der Waals surface area contributed by atoms with Crippen molar-refractivity contribution in [3.8, 4) is 0 Å². The Labute approximate surface area is 134 Å². The number of amides is 1. The van der Waals surface area contributed by atoms with Gasteiger partial charge < -0.3 is 14.2 Å². The van der Waals surface area contributed by atoms with Gasteiger partial charge in [-0.05, 0) is 24.1 Å². The van der Waals surface area contributed by atoms with Crippen molar-refractivity contribution in [2.45, 2.75) is 19.8 Å². The zero-order valence-electron chi connectivity index (χ0n) is 13.3. The average Bonchev–Trinajstić information content (AvgIpc) is 3.05. The molecule has 2 aromatic heterocycles. The lowest BCUT2D eigenvalue weighted by Gasteiger charge is -2.35. The molecule has 6 heteroatoms. The number of hydrogen-bond donors (Lipinski definition) is 0. The highest BCUT2D eigenvalue weighted by atomic mass is 19.1. The molecule has 1 aliphatic rings. The molecule has 3 heterocycles. The Morgan fingerprint density at radius 2 is 1.96 bits per heavy atom. The van der Waals surface area contributed by atoms with Gasteiger partial charge in [-0.2, -0.15) is 0 Å². The molecule has 122 valence electrons. The topological polar surface area (TPSA) is 49.6 Å². The lowest BCUT2D eigenvalue weighted by Crippen LogP contribution is -2.49. The van der Waals surface area contributed by atoms with Crippen molar-refractivity contribution in [3.05, 3.63) is 47.8 Å². The number of nitrogens with zero attached hydrogens (tertiary/aromatic N) is 3. The minimum absolute atomic E-state index is 0.0644. The molecule has 0 bridgehead atoms. The van der Waals surface area contributed by atoms with Gasteiger partial charge in [0.15, 0.2) is 5.76 Å². The van der Waals surface area contributed by atoms with Crippen LogP contribution in [0.15, 0.2) is 35.1 Å². The molecule has 0 N–H and O–H groups in total. The van der Waals surface area contributed by atoms with Gasteiger partial charge in [0.25, 0.3) is 5.91 Å². The fraction of sp³-hybridized carbons (Fsp3) is 0.412. The Morgan fingerprint density at radius 1 is 1.22 bits per heavy atom. The first-order chi connectivity index (χ1) is 11.1. The molecule has 1 amide bonds. The van der Waals surface area contributed by atoms with Crippen LogP contribution in [0.1, 0.15) is 35.9 Å². The van der Waals surface area contributed by atoms with Gasteiger partial charge >= 0.3 is 0 Å². The fourth-order valence-corrected chi connectivity index (χ4v) is 2.78. The van der Waals surface area contributed by atoms with Gasteiger partial charge in [-0.1, -0.05) is 13.8 Å². The van der Waals surface area contributed by atoms with Gasteiger partial charge in [-0.25, -0.2) is 9.37 Å². The van der Waals surface area contributed by atoms with E-state index in [0.717, 1.165) is 11.4 Å². The number of furan rings is 1. The maximum absolute atomic E-state index is 12.9. The molecule has 0 unspecified atom stereocenters. The first-order valence-electron chi connectivity index (χ1n) is 7.79. The molecule has 0 aliphatic carbocycles. The molecule has 3 rings (SSSR count). The molecule has 0 spiro atoms. The molecule has 1 fully saturated rings. The number of carbonyl (C=O) groups excluding carboxylic acids is 1. The highest BCUT2D eigenvalue weighted by Crippen LogP contribution is 2.23. The molecule has 0 radical (unpaired) electrons. The third-order valence-electron chi connectivity index (χ3n) is 4.11. The van der Waals surface area contributed by atoms with E-state index in [2.05, 4.69) is 9.88 Å². The highest BCUT2D eigenvalue weighted by molar-refractivity contribution is 5.93. The van der Waals surface area contributed by atoms with Crippen molar-refractivity contribution in [1.82, 2.24) is 9.88 Å². The van der Waals surface area contributed by atoms with Gasteiger partial charge in [0, 0.05) is 31.7 Å². The monoisotopic (exact) mass is 317 g/mol. The van der Waals surface area contributed by atoms with Gasteiger partial charge in [-0.15, -0.1) is 0 Å². The summed E-state index contributed by atoms with van der Waals surface area (Å²) in [6, 6.07) is 4.92. The number of pyridine rings is 1. The zero-order valence-corrected chi connectivity index (χ0v) is 13.3. The van der Waals surface area contributed by atoms with E-state index in [9.17, 15) is 9.18 Å². The van der Waals surface area contributed by atoms with Crippen molar-refractivity contribution in [2.24, 2.45) is 0 Å². The van der Waals surface area contributed by atoms with E-state index >= 15 is 0 Å². The maximum Gasteiger partial charge on any atom is 0.289 e. The summed E-state index contributed by atoms with van der Waals surface area (Å²) >= 11 is 0. The van der Waals surface area contributed by atoms with Crippen LogP contribution in [0.3, 0.4) is 0 Å². The molecular formula is C17H20FN3O2. The van der Waals surface area contributed by atoms with Gasteiger partial charge in [-0.3, -0.25) is 4.79 Å². The summed E-state index contributed by atoms with van der Waals surface area (Å²) < 4.78 is 18.3. The van der Waals surface area contributed by atoms with Crippen LogP contribution >= 0.6 is 0 Å². The summed E-state index contributed by atoms with van der Waals surface area (Å²) in [5, 5.41) is 0. The van der Waals surface area contributed by atoms with Crippen molar-refractivity contribution < 1.29 is 13.6 Å². The number of rotatable bonds is 3. The summed E-state index contributed by atoms with van der Waals surface area (Å²) in [6.45, 7) is 6.61. The van der Waals surface area contributed by atoms with E-state index in [4.69, 9.17) is 4.42 Å². The molecule has 0 aromatic carbocycles. The minimum Gasteiger partial charge on any atom is -0.459 e. The molecule has 0 saturated carbocycles. The maximum atomic E-state index is 12.9. The van der Waals surface area contributed by atoms with Crippen LogP contribution < -0.4 is 4.90 Å². The van der Waals surface area contributed by atoms with Crippen molar-refractivity contribution in [3.63, 3.8) is 0 Å². The summed E-state index contributed by atoms with van der Waals surface area (Å²) in [5.74, 6) is 1.01. The quantitative estimate of drug-likeness (QED) is 0.873. The lowest BCUT2D eigenvalue weighted by atomic mass is 10.0. The van der Waals surface area contributed by atoms with Crippen LogP contribution in [-0.4, -0.2) is 42.0 Å². The minimum atomic E-state index is -0.346. The smallest absolute Gasteiger partial charge is 0.289 e. The second-order valence-electron chi connectivity index (χ2n) is 5.97. The molecule has 2 aromatic rings. The molecule has 1 saturated heterocycles. The molecular weight excluding hydrogens is 297 g/mol. The molecule has 0 atom stereocenters. The first-order valence-corrected chi connectivity index (χ1v) is 7.79. The number of piperazine rings is 1. The number of aromatic nitrogens is 1. The number of carbonyl (C=O) groups is 1. The van der Waals surface area contributed by atoms with Crippen LogP contribution in [0.2, 0.25) is 0 Å². The Kier molecular flexibility index (Phi) is 4.32. The molecule has 23 heavy (non-hydrogen) atoms.